The fourth-order valence-electron chi connectivity index (χ4n) is 1.90. The Morgan fingerprint density at radius 1 is 1.36 bits per heavy atom. The van der Waals surface area contributed by atoms with E-state index in [0.29, 0.717) is 0 Å². The molecular formula is C9H14FN5O10P3+. The number of aromatic amines is 1. The van der Waals surface area contributed by atoms with Gasteiger partial charge < -0.3 is 29.7 Å². The monoisotopic (exact) mass is 464 g/mol. The van der Waals surface area contributed by atoms with E-state index in [4.69, 9.17) is 20.3 Å². The van der Waals surface area contributed by atoms with E-state index in [-0.39, 0.29) is 23.7 Å². The Morgan fingerprint density at radius 3 is 2.64 bits per heavy atom. The van der Waals surface area contributed by atoms with Gasteiger partial charge >= 0.3 is 23.7 Å². The molecule has 15 nitrogen and oxygen atoms in total. The highest BCUT2D eigenvalue weighted by molar-refractivity contribution is 7.63. The minimum absolute atomic E-state index is 0.0184. The van der Waals surface area contributed by atoms with E-state index in [0.717, 1.165) is 6.33 Å². The molecule has 2 aromatic heterocycles. The van der Waals surface area contributed by atoms with Crippen molar-refractivity contribution in [3.63, 3.8) is 0 Å². The summed E-state index contributed by atoms with van der Waals surface area (Å²) in [6.07, 6.45) is -1.36. The molecule has 0 aliphatic rings. The Labute approximate surface area is 155 Å². The van der Waals surface area contributed by atoms with Crippen molar-refractivity contribution in [1.29, 1.82) is 0 Å². The van der Waals surface area contributed by atoms with Gasteiger partial charge in [-0.05, 0) is 8.62 Å². The first-order valence-corrected chi connectivity index (χ1v) is 11.4. The van der Waals surface area contributed by atoms with Crippen LogP contribution in [-0.4, -0.2) is 53.3 Å². The van der Waals surface area contributed by atoms with Crippen LogP contribution in [0.15, 0.2) is 11.1 Å². The molecule has 0 aliphatic heterocycles. The Bertz CT molecular complexity index is 1020. The second-order valence-electron chi connectivity index (χ2n) is 5.11. The molecule has 0 saturated heterocycles. The number of hydrogen-bond acceptors (Lipinski definition) is 10. The number of alkyl halides is 1. The molecule has 2 rings (SSSR count). The van der Waals surface area contributed by atoms with Crippen LogP contribution in [0.3, 0.4) is 0 Å². The van der Waals surface area contributed by atoms with Crippen LogP contribution in [0.5, 0.6) is 0 Å². The Hall–Kier alpha value is -1.60. The highest BCUT2D eigenvalue weighted by Gasteiger charge is 2.42. The number of H-pyrrole nitrogens is 1. The summed E-state index contributed by atoms with van der Waals surface area (Å²) < 4.78 is 60.2. The fourth-order valence-corrected chi connectivity index (χ4v) is 4.40. The van der Waals surface area contributed by atoms with Gasteiger partial charge in [-0.3, -0.25) is 14.3 Å². The predicted molar refractivity (Wildman–Crippen MR) is 89.9 cm³/mol. The molecule has 19 heteroatoms. The van der Waals surface area contributed by atoms with E-state index < -0.39 is 48.4 Å². The zero-order valence-electron chi connectivity index (χ0n) is 13.6. The first-order valence-electron chi connectivity index (χ1n) is 7.02. The average molecular weight is 464 g/mol. The van der Waals surface area contributed by atoms with Crippen molar-refractivity contribution in [2.45, 2.75) is 12.6 Å². The topological polar surface area (TPSA) is 229 Å². The molecule has 6 N–H and O–H groups in total. The number of nitrogens with two attached hydrogens (primary N) is 1. The summed E-state index contributed by atoms with van der Waals surface area (Å²) in [6, 6.07) is 0. The van der Waals surface area contributed by atoms with Crippen molar-refractivity contribution in [3.05, 3.63) is 16.7 Å². The van der Waals surface area contributed by atoms with Gasteiger partial charge in [0.25, 0.3) is 5.56 Å². The molecule has 156 valence electrons. The van der Waals surface area contributed by atoms with E-state index in [1.165, 1.54) is 4.57 Å². The third-order valence-corrected chi connectivity index (χ3v) is 6.32. The number of hydrogen-bond donors (Lipinski definition) is 5. The lowest BCUT2D eigenvalue weighted by Crippen LogP contribution is -2.23. The van der Waals surface area contributed by atoms with Crippen molar-refractivity contribution in [2.75, 3.05) is 18.8 Å². The highest BCUT2D eigenvalue weighted by atomic mass is 31.3. The number of imidazole rings is 1. The molecule has 3 atom stereocenters. The number of ether oxygens (including phenoxy) is 1. The maximum Gasteiger partial charge on any atom is 0.717 e. The van der Waals surface area contributed by atoms with Crippen molar-refractivity contribution >= 4 is 40.8 Å². The van der Waals surface area contributed by atoms with E-state index in [1.807, 2.05) is 0 Å². The van der Waals surface area contributed by atoms with Crippen molar-refractivity contribution in [3.8, 4) is 0 Å². The SMILES string of the molecule is Nc1nc2c(ncn2CC(CF)OCP(=O)(O)O[P+](=O)OP(=O)(O)O)c(=O)[nH]1. The fraction of sp³-hybridized carbons (Fsp3) is 0.444. The normalized spacial score (nSPS) is 16.1. The standard InChI is InChI=1S/C9H13FN5O10P3/c10-1-5(23-4-27(18,19)24-26(17)25-28(20,21)22)2-15-3-12-6-7(15)13-9(11)14-8(6)16/h3,5H,1-2,4H2,(H5-,11,13,14,16,18,19,20,21,22)/p+1. The van der Waals surface area contributed by atoms with Crippen LogP contribution in [-0.2, 0) is 33.6 Å². The molecule has 0 aromatic carbocycles. The molecule has 28 heavy (non-hydrogen) atoms. The number of nitrogen functional groups attached to an aromatic ring is 1. The van der Waals surface area contributed by atoms with E-state index in [1.54, 1.807) is 0 Å². The molecule has 0 amide bonds. The zero-order chi connectivity index (χ0) is 21.1. The average Bonchev–Trinajstić information content (AvgIpc) is 2.91. The van der Waals surface area contributed by atoms with Gasteiger partial charge in [0.2, 0.25) is 5.95 Å². The molecule has 0 fully saturated rings. The number of phosphoric acid groups is 1. The van der Waals surface area contributed by atoms with E-state index in [9.17, 15) is 27.8 Å². The summed E-state index contributed by atoms with van der Waals surface area (Å²) in [5.74, 6) is -0.209. The molecule has 2 aromatic rings. The number of aromatic nitrogens is 4. The summed E-state index contributed by atoms with van der Waals surface area (Å²) in [7, 11) is -13.7. The maximum atomic E-state index is 13.2. The van der Waals surface area contributed by atoms with E-state index in [2.05, 4.69) is 23.6 Å². The second-order valence-corrected chi connectivity index (χ2v) is 9.38. The summed E-state index contributed by atoms with van der Waals surface area (Å²) in [4.78, 5) is 47.9. The molecule has 0 aliphatic carbocycles. The van der Waals surface area contributed by atoms with Gasteiger partial charge in [0.15, 0.2) is 17.5 Å². The molecule has 0 spiro atoms. The van der Waals surface area contributed by atoms with Crippen molar-refractivity contribution in [2.24, 2.45) is 0 Å². The van der Waals surface area contributed by atoms with Crippen LogP contribution < -0.4 is 11.3 Å². The van der Waals surface area contributed by atoms with Gasteiger partial charge in [0, 0.05) is 4.57 Å². The first kappa shape index (κ1) is 22.7. The lowest BCUT2D eigenvalue weighted by atomic mass is 10.4. The first-order chi connectivity index (χ1) is 12.9. The van der Waals surface area contributed by atoms with Crippen molar-refractivity contribution < 1.29 is 46.1 Å². The predicted octanol–water partition coefficient (Wildman–Crippen LogP) is -0.0173. The van der Waals surface area contributed by atoms with Crippen molar-refractivity contribution in [1.82, 2.24) is 19.5 Å². The van der Waals surface area contributed by atoms with Crippen LogP contribution in [0.2, 0.25) is 0 Å². The van der Waals surface area contributed by atoms with Crippen LogP contribution >= 0.6 is 23.7 Å². The molecule has 0 saturated carbocycles. The Morgan fingerprint density at radius 2 is 2.04 bits per heavy atom. The molecule has 2 heterocycles. The highest BCUT2D eigenvalue weighted by Crippen LogP contribution is 2.57. The number of rotatable bonds is 10. The molecule has 0 bridgehead atoms. The van der Waals surface area contributed by atoms with Gasteiger partial charge in [0.05, 0.1) is 12.9 Å². The smallest absolute Gasteiger partial charge is 0.369 e. The minimum atomic E-state index is -5.22. The van der Waals surface area contributed by atoms with Gasteiger partial charge in [-0.1, -0.05) is 0 Å². The largest absolute Gasteiger partial charge is 0.717 e. The number of halogens is 1. The van der Waals surface area contributed by atoms with Crippen LogP contribution in [0.1, 0.15) is 0 Å². The zero-order valence-corrected chi connectivity index (χ0v) is 16.3. The van der Waals surface area contributed by atoms with Gasteiger partial charge in [-0.15, -0.1) is 0 Å². The summed E-state index contributed by atoms with van der Waals surface area (Å²) in [6.45, 7) is -1.45. The quantitative estimate of drug-likeness (QED) is 0.292. The van der Waals surface area contributed by atoms with E-state index >= 15 is 0 Å². The van der Waals surface area contributed by atoms with Gasteiger partial charge in [-0.25, -0.2) is 13.9 Å². The lowest BCUT2D eigenvalue weighted by Gasteiger charge is -2.15. The van der Waals surface area contributed by atoms with Gasteiger partial charge in [0.1, 0.15) is 12.8 Å². The number of nitrogens with one attached hydrogen (secondary N) is 1. The third kappa shape index (κ3) is 6.48. The summed E-state index contributed by atoms with van der Waals surface area (Å²) >= 11 is 0. The third-order valence-electron chi connectivity index (χ3n) is 2.91. The Kier molecular flexibility index (Phi) is 7.15. The number of fused-ring (bicyclic) bond motifs is 1. The second kappa shape index (κ2) is 8.82. The Balaban J connectivity index is 2.03. The van der Waals surface area contributed by atoms with Crippen LogP contribution in [0, 0.1) is 0 Å². The van der Waals surface area contributed by atoms with Crippen LogP contribution in [0.25, 0.3) is 11.2 Å². The van der Waals surface area contributed by atoms with Gasteiger partial charge in [-0.2, -0.15) is 4.98 Å². The number of nitrogens with zero attached hydrogens (tertiary/aromatic N) is 3. The molecular weight excluding hydrogens is 450 g/mol. The maximum absolute atomic E-state index is 13.2. The minimum Gasteiger partial charge on any atom is -0.369 e. The summed E-state index contributed by atoms with van der Waals surface area (Å²) in [5.41, 5.74) is 4.75. The van der Waals surface area contributed by atoms with Crippen LogP contribution in [0.4, 0.5) is 10.3 Å². The molecule has 0 radical (unpaired) electrons. The summed E-state index contributed by atoms with van der Waals surface area (Å²) in [5, 5.41) is 0. The lowest BCUT2D eigenvalue weighted by molar-refractivity contribution is 0.0451. The number of anilines is 1. The molecule has 3 unspecified atom stereocenters.